The van der Waals surface area contributed by atoms with Gasteiger partial charge in [-0.25, -0.2) is 0 Å². The van der Waals surface area contributed by atoms with Crippen molar-refractivity contribution in [2.75, 3.05) is 0 Å². The maximum absolute atomic E-state index is 9.47. The number of aliphatic hydroxyl groups is 1. The number of rotatable bonds is 0. The van der Waals surface area contributed by atoms with E-state index in [0.717, 1.165) is 11.8 Å². The molecule has 5 atom stereocenters. The molecule has 1 N–H and O–H groups in total. The second-order valence-electron chi connectivity index (χ2n) is 3.59. The summed E-state index contributed by atoms with van der Waals surface area (Å²) in [5.41, 5.74) is 0. The first-order valence-electron chi connectivity index (χ1n) is 3.74. The monoisotopic (exact) mass is 122 g/mol. The molecule has 0 aromatic rings. The minimum Gasteiger partial charge on any atom is -0.392 e. The minimum absolute atomic E-state index is 0.00810. The van der Waals surface area contributed by atoms with E-state index in [-0.39, 0.29) is 6.10 Å². The highest BCUT2D eigenvalue weighted by Crippen LogP contribution is 2.62. The highest BCUT2D eigenvalue weighted by atomic mass is 16.3. The maximum atomic E-state index is 9.47. The molecular weight excluding hydrogens is 112 g/mol. The molecule has 0 saturated heterocycles. The summed E-state index contributed by atoms with van der Waals surface area (Å²) >= 11 is 0. The van der Waals surface area contributed by atoms with Crippen LogP contribution in [0.3, 0.4) is 0 Å². The van der Waals surface area contributed by atoms with Gasteiger partial charge in [0.25, 0.3) is 0 Å². The standard InChI is InChI=1S/C8H10O/c9-8-4-1-2-5(8)7-3-6(4)7/h1-2,4-9H,3H2/t4-,5+,6+,7-,8?. The van der Waals surface area contributed by atoms with E-state index in [9.17, 15) is 5.11 Å². The van der Waals surface area contributed by atoms with Crippen molar-refractivity contribution in [1.29, 1.82) is 0 Å². The van der Waals surface area contributed by atoms with E-state index < -0.39 is 0 Å². The van der Waals surface area contributed by atoms with E-state index in [1.807, 2.05) is 0 Å². The van der Waals surface area contributed by atoms with Crippen LogP contribution in [0.4, 0.5) is 0 Å². The predicted octanol–water partition coefficient (Wildman–Crippen LogP) is 0.799. The SMILES string of the molecule is OC1[C@H]2C=C[C@@H]1[C@@H]1C[C@@H]12. The molecule has 1 unspecified atom stereocenters. The van der Waals surface area contributed by atoms with Crippen LogP contribution in [0.2, 0.25) is 0 Å². The molecule has 48 valence electrons. The van der Waals surface area contributed by atoms with Crippen molar-refractivity contribution < 1.29 is 5.11 Å². The summed E-state index contributed by atoms with van der Waals surface area (Å²) in [6.45, 7) is 0. The zero-order chi connectivity index (χ0) is 6.01. The first kappa shape index (κ1) is 4.51. The summed E-state index contributed by atoms with van der Waals surface area (Å²) < 4.78 is 0. The highest BCUT2D eigenvalue weighted by Gasteiger charge is 2.60. The Kier molecular flexibility index (Phi) is 0.552. The van der Waals surface area contributed by atoms with E-state index >= 15 is 0 Å². The zero-order valence-corrected chi connectivity index (χ0v) is 5.20. The summed E-state index contributed by atoms with van der Waals surface area (Å²) in [4.78, 5) is 0. The Hall–Kier alpha value is -0.300. The van der Waals surface area contributed by atoms with Crippen LogP contribution < -0.4 is 0 Å². The van der Waals surface area contributed by atoms with Crippen molar-refractivity contribution in [3.05, 3.63) is 12.2 Å². The first-order valence-corrected chi connectivity index (χ1v) is 3.74. The van der Waals surface area contributed by atoms with E-state index in [1.165, 1.54) is 6.42 Å². The lowest BCUT2D eigenvalue weighted by Gasteiger charge is -2.10. The average Bonchev–Trinajstić information content (AvgIpc) is 2.53. The van der Waals surface area contributed by atoms with Gasteiger partial charge in [0.2, 0.25) is 0 Å². The van der Waals surface area contributed by atoms with Gasteiger partial charge >= 0.3 is 0 Å². The Bertz CT molecular complexity index is 167. The van der Waals surface area contributed by atoms with Crippen molar-refractivity contribution in [3.8, 4) is 0 Å². The number of hydrogen-bond acceptors (Lipinski definition) is 1. The van der Waals surface area contributed by atoms with Crippen LogP contribution in [-0.2, 0) is 0 Å². The summed E-state index contributed by atoms with van der Waals surface area (Å²) in [5.74, 6) is 2.88. The van der Waals surface area contributed by atoms with Gasteiger partial charge in [0.05, 0.1) is 6.10 Å². The molecule has 0 heterocycles. The molecule has 0 aromatic heterocycles. The molecule has 1 heteroatoms. The highest BCUT2D eigenvalue weighted by molar-refractivity contribution is 5.24. The van der Waals surface area contributed by atoms with Gasteiger partial charge in [-0.3, -0.25) is 0 Å². The van der Waals surface area contributed by atoms with Crippen LogP contribution in [0.25, 0.3) is 0 Å². The lowest BCUT2D eigenvalue weighted by atomic mass is 10.0. The molecule has 2 saturated carbocycles. The molecular formula is C8H10O. The van der Waals surface area contributed by atoms with Gasteiger partial charge in [-0.15, -0.1) is 0 Å². The molecule has 0 aromatic carbocycles. The Morgan fingerprint density at radius 2 is 1.67 bits per heavy atom. The maximum Gasteiger partial charge on any atom is 0.0670 e. The Labute approximate surface area is 54.4 Å². The van der Waals surface area contributed by atoms with Crippen molar-refractivity contribution >= 4 is 0 Å². The average molecular weight is 122 g/mol. The lowest BCUT2D eigenvalue weighted by Crippen LogP contribution is -2.16. The second kappa shape index (κ2) is 1.10. The molecule has 2 fully saturated rings. The fourth-order valence-electron chi connectivity index (χ4n) is 2.65. The molecule has 0 aliphatic heterocycles. The quantitative estimate of drug-likeness (QED) is 0.471. The van der Waals surface area contributed by atoms with Crippen LogP contribution in [0, 0.1) is 23.7 Å². The predicted molar refractivity (Wildman–Crippen MR) is 33.7 cm³/mol. The zero-order valence-electron chi connectivity index (χ0n) is 5.20. The molecule has 0 radical (unpaired) electrons. The summed E-state index contributed by atoms with van der Waals surface area (Å²) in [5, 5.41) is 9.47. The fourth-order valence-corrected chi connectivity index (χ4v) is 2.65. The number of hydrogen-bond donors (Lipinski definition) is 1. The van der Waals surface area contributed by atoms with E-state index in [1.54, 1.807) is 0 Å². The first-order chi connectivity index (χ1) is 4.38. The molecule has 1 nitrogen and oxygen atoms in total. The van der Waals surface area contributed by atoms with E-state index in [2.05, 4.69) is 12.2 Å². The molecule has 3 aliphatic rings. The van der Waals surface area contributed by atoms with Gasteiger partial charge < -0.3 is 5.11 Å². The van der Waals surface area contributed by atoms with Crippen LogP contribution in [0.15, 0.2) is 12.2 Å². The van der Waals surface area contributed by atoms with Crippen LogP contribution in [0.1, 0.15) is 6.42 Å². The van der Waals surface area contributed by atoms with Crippen molar-refractivity contribution in [2.45, 2.75) is 12.5 Å². The lowest BCUT2D eigenvalue weighted by molar-refractivity contribution is 0.118. The molecule has 0 amide bonds. The largest absolute Gasteiger partial charge is 0.392 e. The topological polar surface area (TPSA) is 20.2 Å². The Morgan fingerprint density at radius 1 is 1.11 bits per heavy atom. The van der Waals surface area contributed by atoms with Gasteiger partial charge in [-0.05, 0) is 18.3 Å². The summed E-state index contributed by atoms with van der Waals surface area (Å²) in [6, 6.07) is 0. The van der Waals surface area contributed by atoms with Crippen LogP contribution >= 0.6 is 0 Å². The van der Waals surface area contributed by atoms with E-state index in [0.29, 0.717) is 11.8 Å². The van der Waals surface area contributed by atoms with E-state index in [4.69, 9.17) is 0 Å². The van der Waals surface area contributed by atoms with Gasteiger partial charge in [0.1, 0.15) is 0 Å². The third kappa shape index (κ3) is 0.351. The Morgan fingerprint density at radius 3 is 2.00 bits per heavy atom. The number of aliphatic hydroxyl groups excluding tert-OH is 1. The third-order valence-corrected chi connectivity index (χ3v) is 3.22. The minimum atomic E-state index is 0.00810. The fraction of sp³-hybridized carbons (Fsp3) is 0.750. The number of fused-ring (bicyclic) bond motifs is 5. The summed E-state index contributed by atoms with van der Waals surface area (Å²) in [6.07, 6.45) is 5.82. The van der Waals surface area contributed by atoms with Crippen LogP contribution in [-0.4, -0.2) is 11.2 Å². The van der Waals surface area contributed by atoms with Crippen molar-refractivity contribution in [3.63, 3.8) is 0 Å². The normalized spacial score (nSPS) is 66.6. The van der Waals surface area contributed by atoms with Gasteiger partial charge in [0, 0.05) is 11.8 Å². The smallest absolute Gasteiger partial charge is 0.0670 e. The summed E-state index contributed by atoms with van der Waals surface area (Å²) in [7, 11) is 0. The van der Waals surface area contributed by atoms with Gasteiger partial charge in [0.15, 0.2) is 0 Å². The van der Waals surface area contributed by atoms with Gasteiger partial charge in [-0.1, -0.05) is 12.2 Å². The molecule has 9 heavy (non-hydrogen) atoms. The third-order valence-electron chi connectivity index (χ3n) is 3.22. The molecule has 0 spiro atoms. The molecule has 3 aliphatic carbocycles. The van der Waals surface area contributed by atoms with Crippen molar-refractivity contribution in [1.82, 2.24) is 0 Å². The van der Waals surface area contributed by atoms with Crippen LogP contribution in [0.5, 0.6) is 0 Å². The Balaban J connectivity index is 2.08. The molecule has 3 rings (SSSR count). The second-order valence-corrected chi connectivity index (χ2v) is 3.59. The van der Waals surface area contributed by atoms with Crippen molar-refractivity contribution in [2.24, 2.45) is 23.7 Å². The van der Waals surface area contributed by atoms with Gasteiger partial charge in [-0.2, -0.15) is 0 Å². The molecule has 2 bridgehead atoms.